The highest BCUT2D eigenvalue weighted by atomic mass is 16.5. The summed E-state index contributed by atoms with van der Waals surface area (Å²) in [6, 6.07) is 2.52. The third-order valence-corrected chi connectivity index (χ3v) is 3.40. The molecule has 1 saturated carbocycles. The minimum atomic E-state index is 0.505. The van der Waals surface area contributed by atoms with E-state index >= 15 is 0 Å². The zero-order valence-corrected chi connectivity index (χ0v) is 10.7. The van der Waals surface area contributed by atoms with Gasteiger partial charge in [-0.15, -0.1) is 0 Å². The maximum Gasteiger partial charge on any atom is 0.141 e. The van der Waals surface area contributed by atoms with Crippen LogP contribution in [0.3, 0.4) is 0 Å². The molecule has 1 aromatic rings. The molecule has 18 heavy (non-hydrogen) atoms. The van der Waals surface area contributed by atoms with Crippen molar-refractivity contribution < 1.29 is 4.74 Å². The Bertz CT molecular complexity index is 493. The van der Waals surface area contributed by atoms with Gasteiger partial charge < -0.3 is 10.1 Å². The van der Waals surface area contributed by atoms with Gasteiger partial charge in [0.05, 0.1) is 5.69 Å². The number of nitrogens with zero attached hydrogens (tertiary/aromatic N) is 1. The summed E-state index contributed by atoms with van der Waals surface area (Å²) >= 11 is 0. The number of aromatic nitrogens is 1. The number of aryl methyl sites for hydroxylation is 1. The Morgan fingerprint density at radius 1 is 1.44 bits per heavy atom. The number of pyridine rings is 1. The van der Waals surface area contributed by atoms with E-state index in [9.17, 15) is 0 Å². The molecule has 0 unspecified atom stereocenters. The molecule has 2 heterocycles. The van der Waals surface area contributed by atoms with E-state index in [1.54, 1.807) is 0 Å². The zero-order valence-electron chi connectivity index (χ0n) is 10.7. The third kappa shape index (κ3) is 2.83. The molecular weight excluding hydrogens is 224 g/mol. The van der Waals surface area contributed by atoms with Crippen molar-refractivity contribution in [2.45, 2.75) is 32.2 Å². The molecule has 0 bridgehead atoms. The Hall–Kier alpha value is -1.53. The monoisotopic (exact) mass is 242 g/mol. The molecular formula is C15H18N2O. The predicted octanol–water partition coefficient (Wildman–Crippen LogP) is 1.89. The first kappa shape index (κ1) is 11.6. The van der Waals surface area contributed by atoms with Crippen LogP contribution in [0.25, 0.3) is 0 Å². The lowest BCUT2D eigenvalue weighted by molar-refractivity contribution is 0.216. The van der Waals surface area contributed by atoms with Gasteiger partial charge in [-0.25, -0.2) is 0 Å². The van der Waals surface area contributed by atoms with Crippen LogP contribution in [0.4, 0.5) is 0 Å². The van der Waals surface area contributed by atoms with Crippen LogP contribution in [0.5, 0.6) is 5.75 Å². The van der Waals surface area contributed by atoms with Gasteiger partial charge in [0.1, 0.15) is 12.4 Å². The summed E-state index contributed by atoms with van der Waals surface area (Å²) in [6.07, 6.45) is 5.54. The van der Waals surface area contributed by atoms with Crippen LogP contribution in [0, 0.1) is 24.7 Å². The van der Waals surface area contributed by atoms with Gasteiger partial charge in [-0.2, -0.15) is 0 Å². The molecule has 1 aliphatic carbocycles. The molecule has 2 fully saturated rings. The Labute approximate surface area is 108 Å². The van der Waals surface area contributed by atoms with Crippen LogP contribution in [0.2, 0.25) is 0 Å². The van der Waals surface area contributed by atoms with Crippen LogP contribution in [0.1, 0.15) is 30.5 Å². The van der Waals surface area contributed by atoms with Gasteiger partial charge in [0.25, 0.3) is 0 Å². The van der Waals surface area contributed by atoms with Gasteiger partial charge in [0.2, 0.25) is 0 Å². The average molecular weight is 242 g/mol. The number of rotatable bonds is 3. The summed E-state index contributed by atoms with van der Waals surface area (Å²) in [7, 11) is 0. The van der Waals surface area contributed by atoms with Crippen molar-refractivity contribution >= 4 is 0 Å². The smallest absolute Gasteiger partial charge is 0.141 e. The minimum absolute atomic E-state index is 0.505. The summed E-state index contributed by atoms with van der Waals surface area (Å²) < 4.78 is 5.81. The predicted molar refractivity (Wildman–Crippen MR) is 70.5 cm³/mol. The Balaban J connectivity index is 1.67. The molecule has 2 aliphatic rings. The standard InChI is InChI=1S/C15H18N2O/c1-11-15(18-10-14-6-7-16-14)8-13(9-17-11)5-4-12-2-3-12/h8-9,12,14,16H,2-3,6-7,10H2,1H3/t14-/m0/s1. The molecule has 3 nitrogen and oxygen atoms in total. The molecule has 1 saturated heterocycles. The van der Waals surface area contributed by atoms with Crippen molar-refractivity contribution in [3.05, 3.63) is 23.5 Å². The van der Waals surface area contributed by atoms with Gasteiger partial charge >= 0.3 is 0 Å². The molecule has 0 aromatic carbocycles. The maximum atomic E-state index is 5.81. The van der Waals surface area contributed by atoms with Gasteiger partial charge in [-0.05, 0) is 38.8 Å². The van der Waals surface area contributed by atoms with Crippen LogP contribution >= 0.6 is 0 Å². The zero-order chi connectivity index (χ0) is 12.4. The van der Waals surface area contributed by atoms with E-state index in [2.05, 4.69) is 22.1 Å². The Morgan fingerprint density at radius 2 is 2.28 bits per heavy atom. The van der Waals surface area contributed by atoms with Crippen molar-refractivity contribution in [2.75, 3.05) is 13.2 Å². The maximum absolute atomic E-state index is 5.81. The van der Waals surface area contributed by atoms with Crippen molar-refractivity contribution in [1.82, 2.24) is 10.3 Å². The highest BCUT2D eigenvalue weighted by molar-refractivity contribution is 5.40. The second-order valence-corrected chi connectivity index (χ2v) is 5.10. The van der Waals surface area contributed by atoms with Gasteiger partial charge in [0.15, 0.2) is 0 Å². The van der Waals surface area contributed by atoms with Crippen LogP contribution in [-0.2, 0) is 0 Å². The van der Waals surface area contributed by atoms with Crippen LogP contribution < -0.4 is 10.1 Å². The molecule has 0 spiro atoms. The molecule has 1 N–H and O–H groups in total. The molecule has 1 aromatic heterocycles. The van der Waals surface area contributed by atoms with Crippen LogP contribution in [-0.4, -0.2) is 24.2 Å². The topological polar surface area (TPSA) is 34.1 Å². The van der Waals surface area contributed by atoms with Crippen LogP contribution in [0.15, 0.2) is 12.3 Å². The fourth-order valence-electron chi connectivity index (χ4n) is 1.82. The minimum Gasteiger partial charge on any atom is -0.490 e. The lowest BCUT2D eigenvalue weighted by Crippen LogP contribution is -2.46. The summed E-state index contributed by atoms with van der Waals surface area (Å²) in [4.78, 5) is 4.35. The molecule has 0 radical (unpaired) electrons. The molecule has 1 atom stereocenters. The summed E-state index contributed by atoms with van der Waals surface area (Å²) in [6.45, 7) is 3.81. The van der Waals surface area contributed by atoms with E-state index in [1.807, 2.05) is 19.2 Å². The molecule has 1 aliphatic heterocycles. The van der Waals surface area contributed by atoms with Crippen molar-refractivity contribution in [1.29, 1.82) is 0 Å². The van der Waals surface area contributed by atoms with E-state index in [0.29, 0.717) is 12.0 Å². The fraction of sp³-hybridized carbons (Fsp3) is 0.533. The van der Waals surface area contributed by atoms with E-state index in [-0.39, 0.29) is 0 Å². The van der Waals surface area contributed by atoms with E-state index < -0.39 is 0 Å². The number of hydrogen-bond acceptors (Lipinski definition) is 3. The fourth-order valence-corrected chi connectivity index (χ4v) is 1.82. The van der Waals surface area contributed by atoms with Crippen molar-refractivity contribution in [2.24, 2.45) is 5.92 Å². The number of ether oxygens (including phenoxy) is 1. The number of hydrogen-bond donors (Lipinski definition) is 1. The average Bonchev–Trinajstić information content (AvgIpc) is 3.11. The number of nitrogens with one attached hydrogen (secondary N) is 1. The molecule has 3 heteroatoms. The van der Waals surface area contributed by atoms with E-state index in [4.69, 9.17) is 4.74 Å². The highest BCUT2D eigenvalue weighted by Gasteiger charge is 2.18. The highest BCUT2D eigenvalue weighted by Crippen LogP contribution is 2.27. The summed E-state index contributed by atoms with van der Waals surface area (Å²) in [5, 5.41) is 3.32. The lowest BCUT2D eigenvalue weighted by atomic mass is 10.1. The van der Waals surface area contributed by atoms with Crippen molar-refractivity contribution in [3.63, 3.8) is 0 Å². The largest absolute Gasteiger partial charge is 0.490 e. The summed E-state index contributed by atoms with van der Waals surface area (Å²) in [5.41, 5.74) is 1.90. The van der Waals surface area contributed by atoms with E-state index in [1.165, 1.54) is 19.3 Å². The molecule has 3 rings (SSSR count). The third-order valence-electron chi connectivity index (χ3n) is 3.40. The first-order valence-electron chi connectivity index (χ1n) is 6.65. The first-order valence-corrected chi connectivity index (χ1v) is 6.65. The van der Waals surface area contributed by atoms with Crippen molar-refractivity contribution in [3.8, 4) is 17.6 Å². The molecule has 94 valence electrons. The Kier molecular flexibility index (Phi) is 3.21. The summed E-state index contributed by atoms with van der Waals surface area (Å²) in [5.74, 6) is 7.92. The van der Waals surface area contributed by atoms with E-state index in [0.717, 1.165) is 30.2 Å². The quantitative estimate of drug-likeness (QED) is 0.822. The second kappa shape index (κ2) is 4.99. The Morgan fingerprint density at radius 3 is 2.94 bits per heavy atom. The lowest BCUT2D eigenvalue weighted by Gasteiger charge is -2.27. The SMILES string of the molecule is Cc1ncc(C#CC2CC2)cc1OC[C@@H]1CCN1. The normalized spacial score (nSPS) is 21.7. The van der Waals surface area contributed by atoms with Gasteiger partial charge in [-0.1, -0.05) is 11.8 Å². The van der Waals surface area contributed by atoms with Gasteiger partial charge in [0, 0.05) is 23.7 Å². The first-order chi connectivity index (χ1) is 8.81. The second-order valence-electron chi connectivity index (χ2n) is 5.10. The van der Waals surface area contributed by atoms with Gasteiger partial charge in [-0.3, -0.25) is 4.98 Å². The molecule has 0 amide bonds.